The highest BCUT2D eigenvalue weighted by Crippen LogP contribution is 2.41. The van der Waals surface area contributed by atoms with Crippen molar-refractivity contribution in [3.63, 3.8) is 0 Å². The molecule has 3 rings (SSSR count). The number of rotatable bonds is 4. The first-order valence-corrected chi connectivity index (χ1v) is 7.42. The Bertz CT molecular complexity index is 777. The zero-order valence-corrected chi connectivity index (χ0v) is 13.0. The highest BCUT2D eigenvalue weighted by atomic mass is 32.1. The third-order valence-electron chi connectivity index (χ3n) is 3.48. The van der Waals surface area contributed by atoms with Crippen molar-refractivity contribution < 1.29 is 14.2 Å². The Morgan fingerprint density at radius 1 is 0.762 bits per heavy atom. The number of fused-ring (bicyclic) bond motifs is 1. The van der Waals surface area contributed by atoms with Gasteiger partial charge in [-0.05, 0) is 35.7 Å². The third kappa shape index (κ3) is 2.43. The van der Waals surface area contributed by atoms with Crippen LogP contribution >= 0.6 is 11.3 Å². The maximum atomic E-state index is 5.51. The quantitative estimate of drug-likeness (QED) is 0.705. The van der Waals surface area contributed by atoms with E-state index >= 15 is 0 Å². The van der Waals surface area contributed by atoms with Gasteiger partial charge in [-0.25, -0.2) is 0 Å². The average Bonchev–Trinajstić information content (AvgIpc) is 2.96. The maximum Gasteiger partial charge on any atom is 0.130 e. The van der Waals surface area contributed by atoms with E-state index in [0.29, 0.717) is 0 Å². The second kappa shape index (κ2) is 5.66. The molecule has 1 aromatic heterocycles. The molecule has 0 spiro atoms. The van der Waals surface area contributed by atoms with E-state index in [2.05, 4.69) is 17.5 Å². The van der Waals surface area contributed by atoms with Crippen LogP contribution in [-0.4, -0.2) is 21.3 Å². The van der Waals surface area contributed by atoms with Gasteiger partial charge in [0.1, 0.15) is 17.2 Å². The monoisotopic (exact) mass is 300 g/mol. The second-order valence-electron chi connectivity index (χ2n) is 4.58. The normalized spacial score (nSPS) is 10.6. The molecule has 0 saturated carbocycles. The smallest absolute Gasteiger partial charge is 0.130 e. The lowest BCUT2D eigenvalue weighted by Gasteiger charge is -2.10. The Kier molecular flexibility index (Phi) is 3.71. The molecule has 0 unspecified atom stereocenters. The Balaban J connectivity index is 2.16. The van der Waals surface area contributed by atoms with Crippen LogP contribution in [0.15, 0.2) is 41.8 Å². The zero-order chi connectivity index (χ0) is 14.8. The Morgan fingerprint density at radius 2 is 1.48 bits per heavy atom. The lowest BCUT2D eigenvalue weighted by Crippen LogP contribution is -1.90. The van der Waals surface area contributed by atoms with Crippen LogP contribution in [0.5, 0.6) is 17.2 Å². The Hall–Kier alpha value is -2.20. The molecule has 0 radical (unpaired) electrons. The van der Waals surface area contributed by atoms with Gasteiger partial charge in [0.05, 0.1) is 21.3 Å². The number of thiophene rings is 1. The highest BCUT2D eigenvalue weighted by molar-refractivity contribution is 7.17. The summed E-state index contributed by atoms with van der Waals surface area (Å²) in [5.41, 5.74) is 2.23. The molecule has 0 bridgehead atoms. The van der Waals surface area contributed by atoms with E-state index in [9.17, 15) is 0 Å². The summed E-state index contributed by atoms with van der Waals surface area (Å²) >= 11 is 1.70. The molecule has 0 amide bonds. The fraction of sp³-hybridized carbons (Fsp3) is 0.176. The molecular weight excluding hydrogens is 284 g/mol. The van der Waals surface area contributed by atoms with Crippen molar-refractivity contribution in [3.05, 3.63) is 41.8 Å². The van der Waals surface area contributed by atoms with Gasteiger partial charge in [-0.2, -0.15) is 0 Å². The first-order chi connectivity index (χ1) is 10.3. The lowest BCUT2D eigenvalue weighted by atomic mass is 10.0. The van der Waals surface area contributed by atoms with Crippen molar-refractivity contribution >= 4 is 21.4 Å². The van der Waals surface area contributed by atoms with Crippen LogP contribution in [0.1, 0.15) is 0 Å². The lowest BCUT2D eigenvalue weighted by molar-refractivity contribution is 0.395. The molecule has 0 saturated heterocycles. The average molecular weight is 300 g/mol. The summed E-state index contributed by atoms with van der Waals surface area (Å²) in [7, 11) is 5.01. The van der Waals surface area contributed by atoms with Gasteiger partial charge >= 0.3 is 0 Å². The SMILES string of the molecule is COc1ccc(-c2csc3cc(OC)ccc23)c(OC)c1. The number of hydrogen-bond acceptors (Lipinski definition) is 4. The summed E-state index contributed by atoms with van der Waals surface area (Å²) in [6.07, 6.45) is 0. The second-order valence-corrected chi connectivity index (χ2v) is 5.49. The van der Waals surface area contributed by atoms with Crippen molar-refractivity contribution in [2.75, 3.05) is 21.3 Å². The molecule has 0 N–H and O–H groups in total. The fourth-order valence-corrected chi connectivity index (χ4v) is 3.35. The maximum absolute atomic E-state index is 5.51. The van der Waals surface area contributed by atoms with Gasteiger partial charge in [0.15, 0.2) is 0 Å². The van der Waals surface area contributed by atoms with Gasteiger partial charge < -0.3 is 14.2 Å². The molecule has 4 heteroatoms. The van der Waals surface area contributed by atoms with Crippen molar-refractivity contribution in [3.8, 4) is 28.4 Å². The van der Waals surface area contributed by atoms with Crippen molar-refractivity contribution in [2.45, 2.75) is 0 Å². The Labute approximate surface area is 127 Å². The number of hydrogen-bond donors (Lipinski definition) is 0. The van der Waals surface area contributed by atoms with Crippen LogP contribution < -0.4 is 14.2 Å². The molecular formula is C17H16O3S. The van der Waals surface area contributed by atoms with E-state index in [0.717, 1.165) is 28.4 Å². The summed E-state index contributed by atoms with van der Waals surface area (Å²) in [5.74, 6) is 2.47. The topological polar surface area (TPSA) is 27.7 Å². The summed E-state index contributed by atoms with van der Waals surface area (Å²) in [5, 5.41) is 3.35. The minimum atomic E-state index is 0.789. The van der Waals surface area contributed by atoms with Crippen molar-refractivity contribution in [1.29, 1.82) is 0 Å². The first kappa shape index (κ1) is 13.8. The van der Waals surface area contributed by atoms with Crippen LogP contribution in [0, 0.1) is 0 Å². The van der Waals surface area contributed by atoms with Gasteiger partial charge in [-0.3, -0.25) is 0 Å². The standard InChI is InChI=1S/C17H16O3S/c1-18-11-4-6-13(16(8-11)20-3)15-10-21-17-9-12(19-2)5-7-14(15)17/h4-10H,1-3H3. The molecule has 21 heavy (non-hydrogen) atoms. The van der Waals surface area contributed by atoms with Gasteiger partial charge in [0.2, 0.25) is 0 Å². The van der Waals surface area contributed by atoms with Gasteiger partial charge in [-0.1, -0.05) is 0 Å². The van der Waals surface area contributed by atoms with E-state index < -0.39 is 0 Å². The molecule has 0 aliphatic carbocycles. The molecule has 0 aliphatic heterocycles. The van der Waals surface area contributed by atoms with Crippen LogP contribution in [-0.2, 0) is 0 Å². The summed E-state index contributed by atoms with van der Waals surface area (Å²) in [6, 6.07) is 12.0. The van der Waals surface area contributed by atoms with E-state index in [1.54, 1.807) is 32.7 Å². The molecule has 3 aromatic rings. The van der Waals surface area contributed by atoms with E-state index in [-0.39, 0.29) is 0 Å². The summed E-state index contributed by atoms with van der Waals surface area (Å²) in [6.45, 7) is 0. The predicted octanol–water partition coefficient (Wildman–Crippen LogP) is 4.59. The predicted molar refractivity (Wildman–Crippen MR) is 86.9 cm³/mol. The summed E-state index contributed by atoms with van der Waals surface area (Å²) < 4.78 is 17.2. The first-order valence-electron chi connectivity index (χ1n) is 6.54. The molecule has 0 atom stereocenters. The Morgan fingerprint density at radius 3 is 2.19 bits per heavy atom. The highest BCUT2D eigenvalue weighted by Gasteiger charge is 2.12. The van der Waals surface area contributed by atoms with E-state index in [1.165, 1.54) is 10.1 Å². The summed E-state index contributed by atoms with van der Waals surface area (Å²) in [4.78, 5) is 0. The molecule has 1 heterocycles. The number of methoxy groups -OCH3 is 3. The molecule has 3 nitrogen and oxygen atoms in total. The van der Waals surface area contributed by atoms with Crippen LogP contribution in [0.4, 0.5) is 0 Å². The number of ether oxygens (including phenoxy) is 3. The zero-order valence-electron chi connectivity index (χ0n) is 12.2. The molecule has 2 aromatic carbocycles. The minimum Gasteiger partial charge on any atom is -0.497 e. The third-order valence-corrected chi connectivity index (χ3v) is 4.43. The van der Waals surface area contributed by atoms with Crippen molar-refractivity contribution in [1.82, 2.24) is 0 Å². The molecule has 0 aliphatic rings. The van der Waals surface area contributed by atoms with Gasteiger partial charge in [-0.15, -0.1) is 11.3 Å². The van der Waals surface area contributed by atoms with Gasteiger partial charge in [0, 0.05) is 27.3 Å². The van der Waals surface area contributed by atoms with E-state index in [1.807, 2.05) is 24.3 Å². The minimum absolute atomic E-state index is 0.789. The van der Waals surface area contributed by atoms with Crippen LogP contribution in [0.3, 0.4) is 0 Å². The van der Waals surface area contributed by atoms with Crippen LogP contribution in [0.25, 0.3) is 21.2 Å². The largest absolute Gasteiger partial charge is 0.497 e. The molecule has 108 valence electrons. The van der Waals surface area contributed by atoms with Crippen LogP contribution in [0.2, 0.25) is 0 Å². The fourth-order valence-electron chi connectivity index (χ4n) is 2.37. The van der Waals surface area contributed by atoms with Crippen molar-refractivity contribution in [2.24, 2.45) is 0 Å². The molecule has 0 fully saturated rings. The van der Waals surface area contributed by atoms with Gasteiger partial charge in [0.25, 0.3) is 0 Å². The van der Waals surface area contributed by atoms with E-state index in [4.69, 9.17) is 14.2 Å². The number of benzene rings is 2.